The predicted octanol–water partition coefficient (Wildman–Crippen LogP) is 2.49. The van der Waals surface area contributed by atoms with E-state index in [2.05, 4.69) is 31.7 Å². The first kappa shape index (κ1) is 21.7. The first-order chi connectivity index (χ1) is 15.0. The summed E-state index contributed by atoms with van der Waals surface area (Å²) in [7, 11) is 3.68. The van der Waals surface area contributed by atoms with E-state index in [0.29, 0.717) is 23.3 Å². The van der Waals surface area contributed by atoms with Gasteiger partial charge in [-0.05, 0) is 18.6 Å². The van der Waals surface area contributed by atoms with Gasteiger partial charge < -0.3 is 19.1 Å². The molecule has 0 aliphatic rings. The van der Waals surface area contributed by atoms with Crippen LogP contribution in [0, 0.1) is 6.92 Å². The van der Waals surface area contributed by atoms with Crippen LogP contribution in [0.4, 0.5) is 0 Å². The minimum absolute atomic E-state index is 0.0974. The van der Waals surface area contributed by atoms with Gasteiger partial charge in [-0.3, -0.25) is 9.59 Å². The van der Waals surface area contributed by atoms with Gasteiger partial charge in [0.1, 0.15) is 17.2 Å². The molecule has 0 bridgehead atoms. The molecule has 1 amide bonds. The summed E-state index contributed by atoms with van der Waals surface area (Å²) in [6.07, 6.45) is 5.36. The van der Waals surface area contributed by atoms with E-state index >= 15 is 0 Å². The van der Waals surface area contributed by atoms with E-state index in [4.69, 9.17) is 9.90 Å². The summed E-state index contributed by atoms with van der Waals surface area (Å²) in [5.74, 6) is 1.56. The maximum Gasteiger partial charge on any atom is 0.290 e. The number of benzene rings is 1. The lowest BCUT2D eigenvalue weighted by molar-refractivity contribution is -0.122. The molecule has 0 atom stereocenters. The first-order valence-corrected chi connectivity index (χ1v) is 9.61. The molecule has 31 heavy (non-hydrogen) atoms. The predicted molar refractivity (Wildman–Crippen MR) is 116 cm³/mol. The Kier molecular flexibility index (Phi) is 6.76. The van der Waals surface area contributed by atoms with Crippen LogP contribution >= 0.6 is 0 Å². The zero-order valence-corrected chi connectivity index (χ0v) is 17.6. The Balaban J connectivity index is 0.000000858. The van der Waals surface area contributed by atoms with Gasteiger partial charge in [0.05, 0.1) is 12.1 Å². The van der Waals surface area contributed by atoms with Gasteiger partial charge in [-0.2, -0.15) is 0 Å². The SMILES string of the molecule is Cc1nc2c(C(=O)N(C)Cc3nccn3Cc3ccccc3)ccnc2n1C.O=CO. The van der Waals surface area contributed by atoms with Gasteiger partial charge in [-0.1, -0.05) is 30.3 Å². The summed E-state index contributed by atoms with van der Waals surface area (Å²) in [4.78, 5) is 36.4. The second kappa shape index (κ2) is 9.66. The average molecular weight is 420 g/mol. The van der Waals surface area contributed by atoms with Crippen molar-refractivity contribution in [3.05, 3.63) is 77.8 Å². The molecule has 0 radical (unpaired) electrons. The number of aromatic nitrogens is 5. The Hall–Kier alpha value is -4.01. The zero-order valence-electron chi connectivity index (χ0n) is 17.6. The van der Waals surface area contributed by atoms with Gasteiger partial charge in [-0.15, -0.1) is 0 Å². The van der Waals surface area contributed by atoms with E-state index in [1.165, 1.54) is 5.56 Å². The Morgan fingerprint density at radius 1 is 1.16 bits per heavy atom. The number of rotatable bonds is 5. The highest BCUT2D eigenvalue weighted by Crippen LogP contribution is 2.19. The van der Waals surface area contributed by atoms with Crippen molar-refractivity contribution in [2.24, 2.45) is 7.05 Å². The van der Waals surface area contributed by atoms with Crippen LogP contribution in [0.3, 0.4) is 0 Å². The van der Waals surface area contributed by atoms with E-state index < -0.39 is 0 Å². The minimum Gasteiger partial charge on any atom is -0.483 e. The van der Waals surface area contributed by atoms with Gasteiger partial charge in [-0.25, -0.2) is 15.0 Å². The molecule has 4 aromatic rings. The van der Waals surface area contributed by atoms with Crippen molar-refractivity contribution < 1.29 is 14.7 Å². The summed E-state index contributed by atoms with van der Waals surface area (Å²) in [6.45, 7) is 2.78. The monoisotopic (exact) mass is 420 g/mol. The quantitative estimate of drug-likeness (QED) is 0.497. The number of aryl methyl sites for hydroxylation is 2. The molecule has 0 saturated carbocycles. The molecule has 0 saturated heterocycles. The number of pyridine rings is 1. The molecule has 3 aromatic heterocycles. The molecule has 1 aromatic carbocycles. The van der Waals surface area contributed by atoms with Crippen molar-refractivity contribution >= 4 is 23.5 Å². The van der Waals surface area contributed by atoms with Crippen LogP contribution in [-0.2, 0) is 24.9 Å². The molecule has 0 fully saturated rings. The molecular formula is C22H24N6O3. The fourth-order valence-electron chi connectivity index (χ4n) is 3.27. The third kappa shape index (κ3) is 4.77. The molecule has 160 valence electrons. The molecule has 0 unspecified atom stereocenters. The summed E-state index contributed by atoms with van der Waals surface area (Å²) in [6, 6.07) is 11.9. The number of amides is 1. The van der Waals surface area contributed by atoms with Crippen molar-refractivity contribution in [3.63, 3.8) is 0 Å². The fraction of sp³-hybridized carbons (Fsp3) is 0.227. The molecule has 0 aliphatic heterocycles. The van der Waals surface area contributed by atoms with Crippen LogP contribution in [0.15, 0.2) is 55.0 Å². The van der Waals surface area contributed by atoms with Crippen LogP contribution in [-0.4, -0.2) is 53.5 Å². The molecule has 4 rings (SSSR count). The topological polar surface area (TPSA) is 106 Å². The van der Waals surface area contributed by atoms with Crippen molar-refractivity contribution in [2.45, 2.75) is 20.0 Å². The van der Waals surface area contributed by atoms with E-state index in [0.717, 1.165) is 18.2 Å². The van der Waals surface area contributed by atoms with Crippen LogP contribution in [0.1, 0.15) is 27.6 Å². The number of nitrogens with zero attached hydrogens (tertiary/aromatic N) is 6. The van der Waals surface area contributed by atoms with Gasteiger partial charge >= 0.3 is 0 Å². The Morgan fingerprint density at radius 2 is 1.87 bits per heavy atom. The van der Waals surface area contributed by atoms with Gasteiger partial charge in [0.2, 0.25) is 0 Å². The highest BCUT2D eigenvalue weighted by atomic mass is 16.3. The second-order valence-corrected chi connectivity index (χ2v) is 6.97. The average Bonchev–Trinajstić information content (AvgIpc) is 3.32. The summed E-state index contributed by atoms with van der Waals surface area (Å²) in [5, 5.41) is 6.89. The fourth-order valence-corrected chi connectivity index (χ4v) is 3.27. The first-order valence-electron chi connectivity index (χ1n) is 9.61. The van der Waals surface area contributed by atoms with Crippen LogP contribution in [0.5, 0.6) is 0 Å². The lowest BCUT2D eigenvalue weighted by Crippen LogP contribution is -2.28. The van der Waals surface area contributed by atoms with Crippen LogP contribution in [0.2, 0.25) is 0 Å². The Labute approximate surface area is 179 Å². The van der Waals surface area contributed by atoms with E-state index in [1.807, 2.05) is 42.9 Å². The van der Waals surface area contributed by atoms with E-state index in [1.54, 1.807) is 30.4 Å². The molecule has 0 aliphatic carbocycles. The highest BCUT2D eigenvalue weighted by Gasteiger charge is 2.20. The maximum atomic E-state index is 13.1. The third-order valence-electron chi connectivity index (χ3n) is 4.93. The summed E-state index contributed by atoms with van der Waals surface area (Å²) >= 11 is 0. The van der Waals surface area contributed by atoms with Crippen molar-refractivity contribution in [1.29, 1.82) is 0 Å². The third-order valence-corrected chi connectivity index (χ3v) is 4.93. The molecule has 9 nitrogen and oxygen atoms in total. The summed E-state index contributed by atoms with van der Waals surface area (Å²) in [5.41, 5.74) is 3.09. The molecule has 0 spiro atoms. The molecule has 1 N–H and O–H groups in total. The van der Waals surface area contributed by atoms with Crippen molar-refractivity contribution in [3.8, 4) is 0 Å². The largest absolute Gasteiger partial charge is 0.483 e. The smallest absolute Gasteiger partial charge is 0.290 e. The van der Waals surface area contributed by atoms with Crippen LogP contribution in [0.25, 0.3) is 11.2 Å². The second-order valence-electron chi connectivity index (χ2n) is 6.97. The molecular weight excluding hydrogens is 396 g/mol. The normalized spacial score (nSPS) is 10.4. The number of hydrogen-bond donors (Lipinski definition) is 1. The number of imidazole rings is 2. The van der Waals surface area contributed by atoms with Crippen molar-refractivity contribution in [2.75, 3.05) is 7.05 Å². The number of carbonyl (C=O) groups is 2. The van der Waals surface area contributed by atoms with E-state index in [-0.39, 0.29) is 12.4 Å². The standard InChI is InChI=1S/C21H22N6O.CH2O2/c1-15-24-19-17(9-10-23-20(19)26(15)3)21(28)25(2)14-18-22-11-12-27(18)13-16-7-5-4-6-8-16;2-1-3/h4-12H,13-14H2,1-3H3;1H,(H,2,3). The highest BCUT2D eigenvalue weighted by molar-refractivity contribution is 6.03. The lowest BCUT2D eigenvalue weighted by atomic mass is 10.2. The van der Waals surface area contributed by atoms with Crippen LogP contribution < -0.4 is 0 Å². The Bertz CT molecular complexity index is 1180. The summed E-state index contributed by atoms with van der Waals surface area (Å²) < 4.78 is 3.95. The number of carbonyl (C=O) groups excluding carboxylic acids is 1. The number of fused-ring (bicyclic) bond motifs is 1. The zero-order chi connectivity index (χ0) is 22.4. The number of carboxylic acid groups (broad SMARTS) is 1. The van der Waals surface area contributed by atoms with Gasteiger partial charge in [0, 0.05) is 39.2 Å². The minimum atomic E-state index is -0.250. The maximum absolute atomic E-state index is 13.1. The van der Waals surface area contributed by atoms with Gasteiger partial charge in [0.25, 0.3) is 12.4 Å². The number of hydrogen-bond acceptors (Lipinski definition) is 5. The van der Waals surface area contributed by atoms with Gasteiger partial charge in [0.15, 0.2) is 5.65 Å². The lowest BCUT2D eigenvalue weighted by Gasteiger charge is -2.18. The molecule has 9 heteroatoms. The molecule has 3 heterocycles. The van der Waals surface area contributed by atoms with Crippen molar-refractivity contribution in [1.82, 2.24) is 29.0 Å². The van der Waals surface area contributed by atoms with E-state index in [9.17, 15) is 4.79 Å². The Morgan fingerprint density at radius 3 is 2.58 bits per heavy atom.